The van der Waals surface area contributed by atoms with Crippen molar-refractivity contribution in [2.75, 3.05) is 18.9 Å². The van der Waals surface area contributed by atoms with Crippen LogP contribution >= 0.6 is 11.8 Å². The quantitative estimate of drug-likeness (QED) is 0.698. The fourth-order valence-corrected chi connectivity index (χ4v) is 2.69. The van der Waals surface area contributed by atoms with Gasteiger partial charge in [-0.15, -0.1) is 0 Å². The molecule has 1 rings (SSSR count). The number of nitrogens with one attached hydrogen (secondary N) is 1. The third-order valence-corrected chi connectivity index (χ3v) is 3.94. The molecule has 0 spiro atoms. The minimum Gasteiger partial charge on any atom is -0.395 e. The van der Waals surface area contributed by atoms with Gasteiger partial charge in [0, 0.05) is 17.3 Å². The second kappa shape index (κ2) is 4.49. The Bertz CT molecular complexity index is 134. The number of rotatable bonds is 4. The van der Waals surface area contributed by atoms with E-state index in [0.717, 1.165) is 6.54 Å². The molecular formula is C9H19NOS. The van der Waals surface area contributed by atoms with Crippen LogP contribution in [0, 0.1) is 0 Å². The van der Waals surface area contributed by atoms with Crippen LogP contribution in [0.3, 0.4) is 0 Å². The normalized spacial score (nSPS) is 32.2. The maximum Gasteiger partial charge on any atom is 0.0581 e. The molecule has 0 bridgehead atoms. The molecule has 1 fully saturated rings. The number of hydrogen-bond acceptors (Lipinski definition) is 3. The highest BCUT2D eigenvalue weighted by Crippen LogP contribution is 2.36. The van der Waals surface area contributed by atoms with Crippen molar-refractivity contribution in [2.45, 2.75) is 37.5 Å². The van der Waals surface area contributed by atoms with Gasteiger partial charge in [0.2, 0.25) is 0 Å². The molecule has 3 heteroatoms. The van der Waals surface area contributed by atoms with Gasteiger partial charge in [-0.1, -0.05) is 0 Å². The molecule has 1 heterocycles. The van der Waals surface area contributed by atoms with Gasteiger partial charge in [-0.3, -0.25) is 0 Å². The van der Waals surface area contributed by atoms with Gasteiger partial charge in [0.25, 0.3) is 0 Å². The topological polar surface area (TPSA) is 32.3 Å². The molecule has 2 atom stereocenters. The predicted molar refractivity (Wildman–Crippen MR) is 54.6 cm³/mol. The summed E-state index contributed by atoms with van der Waals surface area (Å²) in [5.74, 6) is 1.30. The van der Waals surface area contributed by atoms with Crippen molar-refractivity contribution in [3.05, 3.63) is 0 Å². The highest BCUT2D eigenvalue weighted by molar-refractivity contribution is 8.00. The first-order chi connectivity index (χ1) is 5.66. The first-order valence-electron chi connectivity index (χ1n) is 4.64. The molecule has 1 saturated heterocycles. The van der Waals surface area contributed by atoms with Crippen molar-refractivity contribution < 1.29 is 5.11 Å². The van der Waals surface area contributed by atoms with Crippen molar-refractivity contribution in [1.82, 2.24) is 5.32 Å². The molecule has 0 aromatic rings. The molecule has 1 aliphatic rings. The summed E-state index contributed by atoms with van der Waals surface area (Å²) in [6, 6.07) is 0.239. The average molecular weight is 189 g/mol. The van der Waals surface area contributed by atoms with Gasteiger partial charge in [-0.25, -0.2) is 0 Å². The zero-order valence-corrected chi connectivity index (χ0v) is 8.78. The number of hydrogen-bond donors (Lipinski definition) is 2. The smallest absolute Gasteiger partial charge is 0.0581 e. The van der Waals surface area contributed by atoms with Gasteiger partial charge >= 0.3 is 0 Å². The lowest BCUT2D eigenvalue weighted by Gasteiger charge is -2.24. The minimum absolute atomic E-state index is 0.237. The highest BCUT2D eigenvalue weighted by atomic mass is 32.2. The van der Waals surface area contributed by atoms with Crippen molar-refractivity contribution in [2.24, 2.45) is 0 Å². The second-order valence-electron chi connectivity index (χ2n) is 3.87. The molecule has 0 saturated carbocycles. The van der Waals surface area contributed by atoms with Crippen LogP contribution in [-0.2, 0) is 0 Å². The molecule has 0 aromatic carbocycles. The van der Waals surface area contributed by atoms with Crippen LogP contribution in [0.15, 0.2) is 0 Å². The number of thioether (sulfide) groups is 1. The molecule has 2 unspecified atom stereocenters. The molecule has 72 valence electrons. The zero-order valence-electron chi connectivity index (χ0n) is 7.97. The number of aliphatic hydroxyl groups excluding tert-OH is 1. The van der Waals surface area contributed by atoms with E-state index in [1.54, 1.807) is 0 Å². The lowest BCUT2D eigenvalue weighted by molar-refractivity contribution is 0.249. The van der Waals surface area contributed by atoms with Crippen molar-refractivity contribution in [3.63, 3.8) is 0 Å². The van der Waals surface area contributed by atoms with E-state index in [4.69, 9.17) is 5.11 Å². The summed E-state index contributed by atoms with van der Waals surface area (Å²) in [6.07, 6.45) is 2.65. The lowest BCUT2D eigenvalue weighted by Crippen LogP contribution is -2.39. The van der Waals surface area contributed by atoms with E-state index < -0.39 is 0 Å². The predicted octanol–water partition coefficient (Wildman–Crippen LogP) is 1.24. The van der Waals surface area contributed by atoms with E-state index >= 15 is 0 Å². The summed E-state index contributed by atoms with van der Waals surface area (Å²) >= 11 is 2.05. The molecule has 12 heavy (non-hydrogen) atoms. The Hall–Kier alpha value is 0.270. The summed E-state index contributed by atoms with van der Waals surface area (Å²) in [5.41, 5.74) is 0. The standard InChI is InChI=1S/C9H19NOS/c1-8(6-11)10-7-9(2)4-3-5-12-9/h8,10-11H,3-7H2,1-2H3. The summed E-state index contributed by atoms with van der Waals surface area (Å²) in [7, 11) is 0. The van der Waals surface area contributed by atoms with Gasteiger partial charge in [0.1, 0.15) is 0 Å². The van der Waals surface area contributed by atoms with E-state index in [9.17, 15) is 0 Å². The van der Waals surface area contributed by atoms with Crippen molar-refractivity contribution >= 4 is 11.8 Å². The van der Waals surface area contributed by atoms with Crippen LogP contribution < -0.4 is 5.32 Å². The first kappa shape index (κ1) is 10.4. The zero-order chi connectivity index (χ0) is 9.03. The summed E-state index contributed by atoms with van der Waals surface area (Å²) < 4.78 is 0.420. The largest absolute Gasteiger partial charge is 0.395 e. The molecule has 0 radical (unpaired) electrons. The van der Waals surface area contributed by atoms with Crippen LogP contribution in [0.25, 0.3) is 0 Å². The SMILES string of the molecule is CC(CO)NCC1(C)CCCS1. The van der Waals surface area contributed by atoms with Gasteiger partial charge in [-0.2, -0.15) is 11.8 Å². The minimum atomic E-state index is 0.237. The third kappa shape index (κ3) is 2.96. The van der Waals surface area contributed by atoms with Crippen LogP contribution in [0.5, 0.6) is 0 Å². The fourth-order valence-electron chi connectivity index (χ4n) is 1.43. The Morgan fingerprint density at radius 1 is 1.67 bits per heavy atom. The van der Waals surface area contributed by atoms with Gasteiger partial charge in [0.05, 0.1) is 6.61 Å². The molecule has 0 aromatic heterocycles. The van der Waals surface area contributed by atoms with Crippen LogP contribution in [0.2, 0.25) is 0 Å². The molecule has 0 amide bonds. The Morgan fingerprint density at radius 3 is 2.92 bits per heavy atom. The summed E-state index contributed by atoms with van der Waals surface area (Å²) in [5, 5.41) is 12.2. The van der Waals surface area contributed by atoms with Crippen LogP contribution in [0.1, 0.15) is 26.7 Å². The maximum atomic E-state index is 8.82. The maximum absolute atomic E-state index is 8.82. The molecular weight excluding hydrogens is 170 g/mol. The van der Waals surface area contributed by atoms with Gasteiger partial charge in [0.15, 0.2) is 0 Å². The van der Waals surface area contributed by atoms with Crippen molar-refractivity contribution in [1.29, 1.82) is 0 Å². The average Bonchev–Trinajstić information content (AvgIpc) is 2.49. The summed E-state index contributed by atoms with van der Waals surface area (Å²) in [4.78, 5) is 0. The second-order valence-corrected chi connectivity index (χ2v) is 5.55. The Balaban J connectivity index is 2.21. The van der Waals surface area contributed by atoms with E-state index in [-0.39, 0.29) is 12.6 Å². The molecule has 0 aliphatic carbocycles. The van der Waals surface area contributed by atoms with Crippen LogP contribution in [-0.4, -0.2) is 34.8 Å². The highest BCUT2D eigenvalue weighted by Gasteiger charge is 2.29. The number of aliphatic hydroxyl groups is 1. The van der Waals surface area contributed by atoms with E-state index in [1.165, 1.54) is 18.6 Å². The fraction of sp³-hybridized carbons (Fsp3) is 1.00. The van der Waals surface area contributed by atoms with E-state index in [0.29, 0.717) is 4.75 Å². The first-order valence-corrected chi connectivity index (χ1v) is 5.63. The Labute approximate surface area is 79.1 Å². The third-order valence-electron chi connectivity index (χ3n) is 2.40. The Morgan fingerprint density at radius 2 is 2.42 bits per heavy atom. The van der Waals surface area contributed by atoms with Gasteiger partial charge in [-0.05, 0) is 32.4 Å². The van der Waals surface area contributed by atoms with E-state index in [1.807, 2.05) is 6.92 Å². The van der Waals surface area contributed by atoms with Crippen LogP contribution in [0.4, 0.5) is 0 Å². The van der Waals surface area contributed by atoms with Crippen molar-refractivity contribution in [3.8, 4) is 0 Å². The van der Waals surface area contributed by atoms with E-state index in [2.05, 4.69) is 24.0 Å². The summed E-state index contributed by atoms with van der Waals surface area (Å²) in [6.45, 7) is 5.59. The van der Waals surface area contributed by atoms with Gasteiger partial charge < -0.3 is 10.4 Å². The molecule has 1 aliphatic heterocycles. The lowest BCUT2D eigenvalue weighted by atomic mass is 10.1. The monoisotopic (exact) mass is 189 g/mol. The molecule has 2 nitrogen and oxygen atoms in total. The Kier molecular flexibility index (Phi) is 3.87. The molecule has 2 N–H and O–H groups in total.